The van der Waals surface area contributed by atoms with Gasteiger partial charge in [-0.05, 0) is 21.5 Å². The first kappa shape index (κ1) is 6.85. The van der Waals surface area contributed by atoms with Gasteiger partial charge in [0.25, 0.3) is 0 Å². The van der Waals surface area contributed by atoms with Crippen molar-refractivity contribution in [2.24, 2.45) is 0 Å². The zero-order chi connectivity index (χ0) is 7.84. The fraction of sp³-hybridized carbons (Fsp3) is 0. The summed E-state index contributed by atoms with van der Waals surface area (Å²) in [6, 6.07) is 0. The van der Waals surface area contributed by atoms with Crippen LogP contribution >= 0.6 is 15.9 Å². The maximum atomic E-state index is 5.61. The van der Waals surface area contributed by atoms with E-state index in [1.54, 1.807) is 23.0 Å². The lowest BCUT2D eigenvalue weighted by molar-refractivity contribution is 1.15. The molecule has 0 aliphatic rings. The molecule has 2 aromatic heterocycles. The van der Waals surface area contributed by atoms with Crippen molar-refractivity contribution in [1.29, 1.82) is 0 Å². The van der Waals surface area contributed by atoms with Gasteiger partial charge in [0, 0.05) is 18.6 Å². The van der Waals surface area contributed by atoms with Crippen molar-refractivity contribution in [1.82, 2.24) is 14.4 Å². The molecule has 11 heavy (non-hydrogen) atoms. The lowest BCUT2D eigenvalue weighted by atomic mass is 10.1. The molecule has 0 N–H and O–H groups in total. The van der Waals surface area contributed by atoms with Crippen LogP contribution in [0.3, 0.4) is 0 Å². The van der Waals surface area contributed by atoms with Gasteiger partial charge in [0.1, 0.15) is 12.4 Å². The Morgan fingerprint density at radius 3 is 3.00 bits per heavy atom. The van der Waals surface area contributed by atoms with Crippen LogP contribution in [0, 0.1) is 0 Å². The zero-order valence-corrected chi connectivity index (χ0v) is 7.12. The van der Waals surface area contributed by atoms with Crippen LogP contribution in [-0.2, 0) is 0 Å². The van der Waals surface area contributed by atoms with Crippen LogP contribution in [0.15, 0.2) is 23.2 Å². The van der Waals surface area contributed by atoms with Crippen molar-refractivity contribution in [2.45, 2.75) is 0 Å². The number of hydrogen-bond acceptors (Lipinski definition) is 2. The van der Waals surface area contributed by atoms with Crippen molar-refractivity contribution < 1.29 is 0 Å². The first-order valence-corrected chi connectivity index (χ1v) is 3.81. The highest BCUT2D eigenvalue weighted by atomic mass is 79.9. The van der Waals surface area contributed by atoms with Gasteiger partial charge in [0.15, 0.2) is 5.65 Å². The molecule has 0 bridgehead atoms. The molecule has 2 aromatic rings. The molecule has 0 aliphatic carbocycles. The van der Waals surface area contributed by atoms with Crippen molar-refractivity contribution in [3.8, 4) is 0 Å². The molecule has 0 fully saturated rings. The molecular formula is C6H3BBrN3. The van der Waals surface area contributed by atoms with Crippen LogP contribution < -0.4 is 5.59 Å². The molecule has 2 heterocycles. The first-order valence-electron chi connectivity index (χ1n) is 3.02. The number of aromatic nitrogens is 3. The summed E-state index contributed by atoms with van der Waals surface area (Å²) in [4.78, 5) is 8.04. The number of fused-ring (bicyclic) bond motifs is 1. The van der Waals surface area contributed by atoms with Gasteiger partial charge in [-0.2, -0.15) is 0 Å². The number of nitrogens with zero attached hydrogens (tertiary/aromatic N) is 3. The smallest absolute Gasteiger partial charge is 0.169 e. The molecule has 3 nitrogen and oxygen atoms in total. The topological polar surface area (TPSA) is 30.2 Å². The van der Waals surface area contributed by atoms with Crippen LogP contribution in [0.25, 0.3) is 5.65 Å². The lowest BCUT2D eigenvalue weighted by Crippen LogP contribution is -2.14. The van der Waals surface area contributed by atoms with Crippen LogP contribution in [-0.4, -0.2) is 22.2 Å². The summed E-state index contributed by atoms with van der Waals surface area (Å²) < 4.78 is 2.47. The Morgan fingerprint density at radius 2 is 2.27 bits per heavy atom. The minimum absolute atomic E-state index is 0.584. The Labute approximate surface area is 73.0 Å². The van der Waals surface area contributed by atoms with E-state index in [9.17, 15) is 0 Å². The quantitative estimate of drug-likeness (QED) is 0.582. The molecule has 0 amide bonds. The fourth-order valence-electron chi connectivity index (χ4n) is 0.907. The number of imidazole rings is 1. The Balaban J connectivity index is 2.96. The van der Waals surface area contributed by atoms with E-state index >= 15 is 0 Å². The predicted molar refractivity (Wildman–Crippen MR) is 46.1 cm³/mol. The van der Waals surface area contributed by atoms with Crippen LogP contribution in [0.2, 0.25) is 0 Å². The van der Waals surface area contributed by atoms with E-state index in [1.165, 1.54) is 0 Å². The Hall–Kier alpha value is -0.835. The van der Waals surface area contributed by atoms with E-state index in [0.717, 1.165) is 5.65 Å². The number of halogens is 1. The highest BCUT2D eigenvalue weighted by molar-refractivity contribution is 9.10. The predicted octanol–water partition coefficient (Wildman–Crippen LogP) is 0.286. The SMILES string of the molecule is [B]c1cnc(Br)c2nccn12. The van der Waals surface area contributed by atoms with Crippen molar-refractivity contribution in [3.63, 3.8) is 0 Å². The van der Waals surface area contributed by atoms with Gasteiger partial charge in [-0.3, -0.25) is 0 Å². The minimum atomic E-state index is 0.584. The molecule has 0 unspecified atom stereocenters. The third-order valence-corrected chi connectivity index (χ3v) is 1.97. The first-order chi connectivity index (χ1) is 5.29. The Bertz CT molecular complexity index is 362. The fourth-order valence-corrected chi connectivity index (χ4v) is 1.30. The molecule has 0 spiro atoms. The van der Waals surface area contributed by atoms with Gasteiger partial charge in [-0.1, -0.05) is 0 Å². The van der Waals surface area contributed by atoms with Crippen LogP contribution in [0.5, 0.6) is 0 Å². The average Bonchev–Trinajstić information content (AvgIpc) is 2.45. The third-order valence-electron chi connectivity index (χ3n) is 1.41. The standard InChI is InChI=1S/C6H3BBrN3/c7-4-3-10-5(8)6-9-1-2-11(4)6/h1-3H. The molecule has 5 heteroatoms. The van der Waals surface area contributed by atoms with Crippen LogP contribution in [0.1, 0.15) is 0 Å². The summed E-state index contributed by atoms with van der Waals surface area (Å²) in [7, 11) is 5.61. The molecule has 52 valence electrons. The van der Waals surface area contributed by atoms with Gasteiger partial charge in [-0.15, -0.1) is 0 Å². The van der Waals surface area contributed by atoms with Crippen molar-refractivity contribution >= 4 is 35.0 Å². The normalized spacial score (nSPS) is 10.6. The van der Waals surface area contributed by atoms with E-state index in [1.807, 2.05) is 0 Å². The van der Waals surface area contributed by atoms with Gasteiger partial charge in [0.2, 0.25) is 0 Å². The zero-order valence-electron chi connectivity index (χ0n) is 5.53. The molecule has 0 saturated carbocycles. The average molecular weight is 208 g/mol. The Kier molecular flexibility index (Phi) is 1.46. The second kappa shape index (κ2) is 2.34. The highest BCUT2D eigenvalue weighted by Gasteiger charge is 2.00. The van der Waals surface area contributed by atoms with Crippen molar-refractivity contribution in [3.05, 3.63) is 23.2 Å². The molecule has 0 atom stereocenters. The van der Waals surface area contributed by atoms with E-state index in [0.29, 0.717) is 10.2 Å². The van der Waals surface area contributed by atoms with E-state index in [4.69, 9.17) is 7.85 Å². The summed E-state index contributed by atoms with van der Waals surface area (Å²) in [5.74, 6) is 0. The third kappa shape index (κ3) is 0.958. The minimum Gasteiger partial charge on any atom is -0.311 e. The largest absolute Gasteiger partial charge is 0.311 e. The van der Waals surface area contributed by atoms with Crippen molar-refractivity contribution in [2.75, 3.05) is 0 Å². The summed E-state index contributed by atoms with van der Waals surface area (Å²) in [6.45, 7) is 0. The summed E-state index contributed by atoms with van der Waals surface area (Å²) >= 11 is 3.26. The monoisotopic (exact) mass is 207 g/mol. The van der Waals surface area contributed by atoms with Crippen LogP contribution in [0.4, 0.5) is 0 Å². The summed E-state index contributed by atoms with van der Waals surface area (Å²) in [5, 5.41) is 0. The second-order valence-electron chi connectivity index (χ2n) is 2.09. The van der Waals surface area contributed by atoms with E-state index < -0.39 is 0 Å². The molecular weight excluding hydrogens is 205 g/mol. The maximum absolute atomic E-state index is 5.61. The molecule has 0 aliphatic heterocycles. The summed E-state index contributed by atoms with van der Waals surface area (Å²) in [6.07, 6.45) is 5.05. The lowest BCUT2D eigenvalue weighted by Gasteiger charge is -1.98. The summed E-state index contributed by atoms with van der Waals surface area (Å²) in [5.41, 5.74) is 1.32. The van der Waals surface area contributed by atoms with Gasteiger partial charge < -0.3 is 4.40 Å². The van der Waals surface area contributed by atoms with E-state index in [-0.39, 0.29) is 0 Å². The van der Waals surface area contributed by atoms with Gasteiger partial charge in [0.05, 0.1) is 0 Å². The molecule has 2 radical (unpaired) electrons. The molecule has 0 aromatic carbocycles. The number of hydrogen-bond donors (Lipinski definition) is 0. The maximum Gasteiger partial charge on any atom is 0.169 e. The Morgan fingerprint density at radius 1 is 1.45 bits per heavy atom. The number of rotatable bonds is 0. The van der Waals surface area contributed by atoms with E-state index in [2.05, 4.69) is 25.9 Å². The highest BCUT2D eigenvalue weighted by Crippen LogP contribution is 2.09. The second-order valence-corrected chi connectivity index (χ2v) is 2.85. The van der Waals surface area contributed by atoms with Gasteiger partial charge in [-0.25, -0.2) is 9.97 Å². The van der Waals surface area contributed by atoms with Gasteiger partial charge >= 0.3 is 0 Å². The molecule has 2 rings (SSSR count). The molecule has 0 saturated heterocycles.